The number of nitrogens with two attached hydrogens (primary N) is 1. The zero-order chi connectivity index (χ0) is 22.3. The lowest BCUT2D eigenvalue weighted by atomic mass is 9.79. The van der Waals surface area contributed by atoms with Crippen molar-refractivity contribution in [2.45, 2.75) is 71.0 Å². The van der Waals surface area contributed by atoms with E-state index >= 15 is 0 Å². The predicted octanol–water partition coefficient (Wildman–Crippen LogP) is 3.00. The van der Waals surface area contributed by atoms with E-state index in [4.69, 9.17) is 5.73 Å². The van der Waals surface area contributed by atoms with Crippen LogP contribution >= 0.6 is 0 Å². The molecular weight excluding hydrogens is 390 g/mol. The van der Waals surface area contributed by atoms with Crippen LogP contribution in [0.5, 0.6) is 0 Å². The van der Waals surface area contributed by atoms with Crippen molar-refractivity contribution in [3.8, 4) is 0 Å². The molecule has 3 aliphatic rings. The molecule has 0 aromatic heterocycles. The summed E-state index contributed by atoms with van der Waals surface area (Å²) in [6.45, 7) is 8.67. The SMILES string of the molecule is C=C1CC[C@H](N)[C@@H](Cc2ccc3c(c2)CN(C2CCC(=O)N(C[C](C)C)C2=O)C3=O)C1. The number of fused-ring (bicyclic) bond motifs is 1. The van der Waals surface area contributed by atoms with Gasteiger partial charge in [0.2, 0.25) is 5.91 Å². The molecule has 1 saturated heterocycles. The van der Waals surface area contributed by atoms with Crippen LogP contribution in [0.2, 0.25) is 0 Å². The maximum Gasteiger partial charge on any atom is 0.255 e. The van der Waals surface area contributed by atoms with Gasteiger partial charge in [-0.1, -0.05) is 38.1 Å². The number of likely N-dealkylation sites (tertiary alicyclic amines) is 1. The molecule has 165 valence electrons. The van der Waals surface area contributed by atoms with Crippen molar-refractivity contribution in [3.63, 3.8) is 0 Å². The van der Waals surface area contributed by atoms with Crippen molar-refractivity contribution in [2.75, 3.05) is 6.54 Å². The molecule has 6 heteroatoms. The van der Waals surface area contributed by atoms with Gasteiger partial charge in [0.05, 0.1) is 0 Å². The molecule has 1 aromatic rings. The fourth-order valence-corrected chi connectivity index (χ4v) is 5.13. The Hall–Kier alpha value is -2.47. The first-order chi connectivity index (χ1) is 14.7. The van der Waals surface area contributed by atoms with Gasteiger partial charge in [-0.25, -0.2) is 0 Å². The molecule has 4 rings (SSSR count). The summed E-state index contributed by atoms with van der Waals surface area (Å²) >= 11 is 0. The minimum atomic E-state index is -0.574. The van der Waals surface area contributed by atoms with Gasteiger partial charge in [-0.2, -0.15) is 0 Å². The third-order valence-corrected chi connectivity index (χ3v) is 6.82. The van der Waals surface area contributed by atoms with Gasteiger partial charge < -0.3 is 10.6 Å². The number of hydrogen-bond donors (Lipinski definition) is 1. The fourth-order valence-electron chi connectivity index (χ4n) is 5.13. The summed E-state index contributed by atoms with van der Waals surface area (Å²) in [6, 6.07) is 5.60. The average Bonchev–Trinajstić information content (AvgIpc) is 3.03. The molecule has 1 saturated carbocycles. The number of nitrogens with zero attached hydrogens (tertiary/aromatic N) is 2. The van der Waals surface area contributed by atoms with Crippen LogP contribution in [0.4, 0.5) is 0 Å². The lowest BCUT2D eigenvalue weighted by Gasteiger charge is -2.36. The van der Waals surface area contributed by atoms with E-state index < -0.39 is 6.04 Å². The van der Waals surface area contributed by atoms with Crippen LogP contribution in [0.15, 0.2) is 30.4 Å². The number of imide groups is 1. The Morgan fingerprint density at radius 1 is 1.16 bits per heavy atom. The molecule has 1 aliphatic carbocycles. The number of carbonyl (C=O) groups excluding carboxylic acids is 3. The Kier molecular flexibility index (Phi) is 6.02. The molecule has 2 fully saturated rings. The Labute approximate surface area is 184 Å². The Balaban J connectivity index is 1.49. The highest BCUT2D eigenvalue weighted by molar-refractivity contribution is 6.05. The second-order valence-electron chi connectivity index (χ2n) is 9.63. The van der Waals surface area contributed by atoms with Gasteiger partial charge in [0.15, 0.2) is 0 Å². The summed E-state index contributed by atoms with van der Waals surface area (Å²) in [4.78, 5) is 41.3. The summed E-state index contributed by atoms with van der Waals surface area (Å²) in [7, 11) is 0. The van der Waals surface area contributed by atoms with Crippen LogP contribution in [-0.4, -0.2) is 46.1 Å². The molecule has 0 spiro atoms. The molecule has 2 heterocycles. The van der Waals surface area contributed by atoms with Crippen molar-refractivity contribution in [1.29, 1.82) is 0 Å². The van der Waals surface area contributed by atoms with Gasteiger partial charge in [0.1, 0.15) is 6.04 Å². The standard InChI is InChI=1S/C25H32N3O3/c1-15(2)13-28-23(29)9-8-22(25(28)31)27-14-19-12-17(5-6-20(19)24(27)30)11-18-10-16(3)4-7-21(18)26/h5-6,12,18,21-22H,3-4,7-11,13-14,26H2,1-2H3/t18-,21+,22?/m1/s1. The highest BCUT2D eigenvalue weighted by atomic mass is 16.2. The lowest BCUT2D eigenvalue weighted by Crippen LogP contribution is -2.55. The molecule has 31 heavy (non-hydrogen) atoms. The molecule has 6 nitrogen and oxygen atoms in total. The number of allylic oxidation sites excluding steroid dienone is 1. The second-order valence-corrected chi connectivity index (χ2v) is 9.63. The zero-order valence-electron chi connectivity index (χ0n) is 18.5. The summed E-state index contributed by atoms with van der Waals surface area (Å²) < 4.78 is 0. The van der Waals surface area contributed by atoms with Crippen molar-refractivity contribution in [3.05, 3.63) is 53.0 Å². The summed E-state index contributed by atoms with van der Waals surface area (Å²) in [6.07, 6.45) is 4.50. The highest BCUT2D eigenvalue weighted by Crippen LogP contribution is 2.33. The first-order valence-corrected chi connectivity index (χ1v) is 11.2. The van der Waals surface area contributed by atoms with E-state index in [1.807, 2.05) is 26.0 Å². The second kappa shape index (κ2) is 8.58. The Morgan fingerprint density at radius 2 is 1.94 bits per heavy atom. The number of hydrogen-bond acceptors (Lipinski definition) is 4. The van der Waals surface area contributed by atoms with Crippen LogP contribution in [-0.2, 0) is 22.6 Å². The summed E-state index contributed by atoms with van der Waals surface area (Å²) in [5.74, 6) is 0.839. The zero-order valence-corrected chi connectivity index (χ0v) is 18.5. The van der Waals surface area contributed by atoms with Crippen LogP contribution in [0.1, 0.15) is 67.4 Å². The van der Waals surface area contributed by atoms with Crippen LogP contribution < -0.4 is 5.73 Å². The van der Waals surface area contributed by atoms with E-state index in [-0.39, 0.29) is 23.8 Å². The monoisotopic (exact) mass is 422 g/mol. The molecule has 1 radical (unpaired) electrons. The highest BCUT2D eigenvalue weighted by Gasteiger charge is 2.42. The Morgan fingerprint density at radius 3 is 2.68 bits per heavy atom. The Bertz CT molecular complexity index is 923. The lowest BCUT2D eigenvalue weighted by molar-refractivity contribution is -0.152. The molecule has 1 aromatic carbocycles. The summed E-state index contributed by atoms with van der Waals surface area (Å²) in [5, 5.41) is 0. The van der Waals surface area contributed by atoms with Gasteiger partial charge in [-0.05, 0) is 61.1 Å². The van der Waals surface area contributed by atoms with E-state index in [0.29, 0.717) is 37.4 Å². The topological polar surface area (TPSA) is 83.7 Å². The quantitative estimate of drug-likeness (QED) is 0.584. The first kappa shape index (κ1) is 21.8. The minimum absolute atomic E-state index is 0.117. The number of benzene rings is 1. The smallest absolute Gasteiger partial charge is 0.255 e. The van der Waals surface area contributed by atoms with Crippen molar-refractivity contribution < 1.29 is 14.4 Å². The van der Waals surface area contributed by atoms with Crippen molar-refractivity contribution >= 4 is 17.7 Å². The maximum atomic E-state index is 13.1. The average molecular weight is 423 g/mol. The van der Waals surface area contributed by atoms with Crippen molar-refractivity contribution in [1.82, 2.24) is 9.80 Å². The minimum Gasteiger partial charge on any atom is -0.327 e. The third kappa shape index (κ3) is 4.31. The van der Waals surface area contributed by atoms with Gasteiger partial charge in [0.25, 0.3) is 11.8 Å². The molecule has 1 unspecified atom stereocenters. The summed E-state index contributed by atoms with van der Waals surface area (Å²) in [5.41, 5.74) is 10.4. The van der Waals surface area contributed by atoms with Crippen LogP contribution in [0.3, 0.4) is 0 Å². The third-order valence-electron chi connectivity index (χ3n) is 6.82. The molecule has 2 aliphatic heterocycles. The van der Waals surface area contributed by atoms with E-state index in [2.05, 4.69) is 12.6 Å². The fraction of sp³-hybridized carbons (Fsp3) is 0.520. The maximum absolute atomic E-state index is 13.1. The molecule has 3 atom stereocenters. The van der Waals surface area contributed by atoms with Crippen LogP contribution in [0, 0.1) is 11.8 Å². The largest absolute Gasteiger partial charge is 0.327 e. The van der Waals surface area contributed by atoms with Crippen LogP contribution in [0.25, 0.3) is 0 Å². The molecular formula is C25H32N3O3. The molecule has 3 amide bonds. The molecule has 0 bridgehead atoms. The van der Waals surface area contributed by atoms with E-state index in [1.54, 1.807) is 4.90 Å². The molecule has 2 N–H and O–H groups in total. The van der Waals surface area contributed by atoms with E-state index in [0.717, 1.165) is 37.2 Å². The van der Waals surface area contributed by atoms with E-state index in [9.17, 15) is 14.4 Å². The van der Waals surface area contributed by atoms with E-state index in [1.165, 1.54) is 16.0 Å². The first-order valence-electron chi connectivity index (χ1n) is 11.2. The number of carbonyl (C=O) groups is 3. The van der Waals surface area contributed by atoms with Gasteiger partial charge in [0, 0.05) is 31.1 Å². The van der Waals surface area contributed by atoms with Gasteiger partial charge in [-0.3, -0.25) is 19.3 Å². The van der Waals surface area contributed by atoms with Gasteiger partial charge in [-0.15, -0.1) is 0 Å². The van der Waals surface area contributed by atoms with Crippen molar-refractivity contribution in [2.24, 2.45) is 11.7 Å². The number of amides is 3. The van der Waals surface area contributed by atoms with Gasteiger partial charge >= 0.3 is 0 Å². The normalized spacial score (nSPS) is 26.8. The number of rotatable bonds is 5. The predicted molar refractivity (Wildman–Crippen MR) is 119 cm³/mol. The number of piperidine rings is 1.